The van der Waals surface area contributed by atoms with Crippen LogP contribution in [0, 0.1) is 28.1 Å². The molecule has 6 nitrogen and oxygen atoms in total. The van der Waals surface area contributed by atoms with E-state index in [2.05, 4.69) is 0 Å². The molecule has 0 spiro atoms. The van der Waals surface area contributed by atoms with Crippen molar-refractivity contribution in [3.05, 3.63) is 42.5 Å². The molecule has 0 aliphatic heterocycles. The number of hydrogen-bond acceptors (Lipinski definition) is 6. The van der Waals surface area contributed by atoms with Gasteiger partial charge in [0.1, 0.15) is 11.9 Å². The van der Waals surface area contributed by atoms with Gasteiger partial charge in [0, 0.05) is 0 Å². The Morgan fingerprint density at radius 3 is 2.02 bits per heavy atom. The van der Waals surface area contributed by atoms with E-state index < -0.39 is 46.4 Å². The van der Waals surface area contributed by atoms with Crippen molar-refractivity contribution in [3.63, 3.8) is 0 Å². The lowest BCUT2D eigenvalue weighted by atomic mass is 9.66. The number of alkyl halides is 3. The summed E-state index contributed by atoms with van der Waals surface area (Å²) in [4.78, 5) is 40.3. The highest BCUT2D eigenvalue weighted by molar-refractivity contribution is 5.86. The van der Waals surface area contributed by atoms with Gasteiger partial charge in [0.15, 0.2) is 6.10 Å². The van der Waals surface area contributed by atoms with Crippen LogP contribution in [0.2, 0.25) is 0 Å². The van der Waals surface area contributed by atoms with E-state index in [0.29, 0.717) is 11.7 Å². The van der Waals surface area contributed by atoms with E-state index in [1.807, 2.05) is 30.3 Å². The van der Waals surface area contributed by atoms with Crippen molar-refractivity contribution in [2.45, 2.75) is 98.5 Å². The Balaban J connectivity index is 1.55. The molecule has 2 fully saturated rings. The van der Waals surface area contributed by atoms with Gasteiger partial charge >= 0.3 is 24.1 Å². The minimum Gasteiger partial charge on any atom is -0.462 e. The maximum Gasteiger partial charge on any atom is 0.425 e. The molecule has 9 heteroatoms. The van der Waals surface area contributed by atoms with Gasteiger partial charge in [-0.05, 0) is 115 Å². The molecule has 0 heterocycles. The van der Waals surface area contributed by atoms with Crippen LogP contribution in [0.25, 0.3) is 10.8 Å². The average Bonchev–Trinajstić information content (AvgIpc) is 3.50. The van der Waals surface area contributed by atoms with Gasteiger partial charge < -0.3 is 14.2 Å². The molecule has 0 radical (unpaired) electrons. The van der Waals surface area contributed by atoms with E-state index in [4.69, 9.17) is 14.2 Å². The van der Waals surface area contributed by atoms with Crippen molar-refractivity contribution in [1.82, 2.24) is 0 Å². The summed E-state index contributed by atoms with van der Waals surface area (Å²) in [7, 11) is 0. The fourth-order valence-electron chi connectivity index (χ4n) is 6.78. The van der Waals surface area contributed by atoms with Crippen molar-refractivity contribution in [2.75, 3.05) is 0 Å². The monoisotopic (exact) mass is 590 g/mol. The lowest BCUT2D eigenvalue weighted by molar-refractivity contribution is -0.222. The Morgan fingerprint density at radius 1 is 0.833 bits per heavy atom. The number of benzene rings is 2. The number of fused-ring (bicyclic) bond motifs is 3. The van der Waals surface area contributed by atoms with Crippen molar-refractivity contribution in [3.8, 4) is 5.75 Å². The highest BCUT2D eigenvalue weighted by Gasteiger charge is 2.52. The van der Waals surface area contributed by atoms with Crippen LogP contribution in [-0.4, -0.2) is 36.3 Å². The smallest absolute Gasteiger partial charge is 0.425 e. The van der Waals surface area contributed by atoms with Gasteiger partial charge in [0.25, 0.3) is 0 Å². The number of esters is 3. The first-order chi connectivity index (χ1) is 19.4. The largest absolute Gasteiger partial charge is 0.462 e. The van der Waals surface area contributed by atoms with Crippen LogP contribution in [-0.2, 0) is 23.9 Å². The van der Waals surface area contributed by atoms with Gasteiger partial charge in [0.05, 0.1) is 16.2 Å². The number of halogens is 3. The first-order valence-corrected chi connectivity index (χ1v) is 14.6. The summed E-state index contributed by atoms with van der Waals surface area (Å²) < 4.78 is 56.0. The van der Waals surface area contributed by atoms with Crippen LogP contribution < -0.4 is 4.74 Å². The predicted molar refractivity (Wildman–Crippen MR) is 151 cm³/mol. The molecule has 0 amide bonds. The quantitative estimate of drug-likeness (QED) is 0.207. The molecule has 2 aromatic rings. The summed E-state index contributed by atoms with van der Waals surface area (Å²) in [5, 5.41) is 1.88. The van der Waals surface area contributed by atoms with Crippen LogP contribution in [0.3, 0.4) is 0 Å². The molecule has 2 aromatic carbocycles. The molecule has 2 saturated carbocycles. The third kappa shape index (κ3) is 7.09. The molecule has 42 heavy (non-hydrogen) atoms. The molecule has 5 unspecified atom stereocenters. The van der Waals surface area contributed by atoms with E-state index in [9.17, 15) is 27.6 Å². The number of hydrogen-bond donors (Lipinski definition) is 0. The zero-order valence-electron chi connectivity index (χ0n) is 25.2. The number of rotatable bonds is 10. The normalized spacial score (nSPS) is 22.8. The number of ether oxygens (including phenoxy) is 3. The van der Waals surface area contributed by atoms with E-state index in [1.165, 1.54) is 13.8 Å². The van der Waals surface area contributed by atoms with Crippen molar-refractivity contribution in [2.24, 2.45) is 28.1 Å². The molecule has 0 aromatic heterocycles. The third-order valence-corrected chi connectivity index (χ3v) is 8.87. The second kappa shape index (κ2) is 11.5. The minimum absolute atomic E-state index is 0.0579. The molecule has 0 saturated heterocycles. The summed E-state index contributed by atoms with van der Waals surface area (Å²) in [6, 6.07) is 12.9. The SMILES string of the molecule is CC(OC(=O)C(C)(C)CC(C)(CC(C)(C)C(=O)Oc1ccc2ccccc2c1)C(=O)OC1CC2CCC1C2)C(F)(F)F. The van der Waals surface area contributed by atoms with Crippen molar-refractivity contribution < 1.29 is 41.8 Å². The lowest BCUT2D eigenvalue weighted by Gasteiger charge is -2.40. The maximum atomic E-state index is 13.9. The number of carbonyl (C=O) groups excluding carboxylic acids is 3. The fraction of sp³-hybridized carbons (Fsp3) is 0.606. The van der Waals surface area contributed by atoms with Crippen LogP contribution in [0.1, 0.15) is 80.1 Å². The van der Waals surface area contributed by atoms with Gasteiger partial charge in [-0.1, -0.05) is 30.3 Å². The predicted octanol–water partition coefficient (Wildman–Crippen LogP) is 7.81. The van der Waals surface area contributed by atoms with Gasteiger partial charge in [-0.15, -0.1) is 0 Å². The first kappa shape index (κ1) is 31.8. The Morgan fingerprint density at radius 2 is 1.45 bits per heavy atom. The van der Waals surface area contributed by atoms with Gasteiger partial charge in [-0.25, -0.2) is 0 Å². The standard InChI is InChI=1S/C33H41F3O6/c1-20(33(34,35)36)40-27(37)30(2,3)18-32(6,29(39)42-26-16-21-11-12-24(26)15-21)19-31(4,5)28(38)41-25-14-13-22-9-7-8-10-23(22)17-25/h7-10,13-14,17,20-21,24,26H,11-12,15-16,18-19H2,1-6H3. The molecule has 230 valence electrons. The third-order valence-electron chi connectivity index (χ3n) is 8.87. The average molecular weight is 591 g/mol. The van der Waals surface area contributed by atoms with Gasteiger partial charge in [-0.2, -0.15) is 13.2 Å². The molecule has 4 rings (SSSR count). The highest BCUT2D eigenvalue weighted by Crippen LogP contribution is 2.49. The summed E-state index contributed by atoms with van der Waals surface area (Å²) in [6.07, 6.45) is -3.64. The topological polar surface area (TPSA) is 78.9 Å². The summed E-state index contributed by atoms with van der Waals surface area (Å²) in [5.74, 6) is -1.09. The zero-order chi connectivity index (χ0) is 31.1. The van der Waals surface area contributed by atoms with Crippen LogP contribution >= 0.6 is 0 Å². The second-order valence-electron chi connectivity index (χ2n) is 13.8. The van der Waals surface area contributed by atoms with Gasteiger partial charge in [-0.3, -0.25) is 14.4 Å². The van der Waals surface area contributed by atoms with Gasteiger partial charge in [0.2, 0.25) is 0 Å². The van der Waals surface area contributed by atoms with E-state index in [0.717, 1.165) is 43.4 Å². The first-order valence-electron chi connectivity index (χ1n) is 14.6. The molecule has 2 aliphatic carbocycles. The van der Waals surface area contributed by atoms with Crippen molar-refractivity contribution in [1.29, 1.82) is 0 Å². The fourth-order valence-corrected chi connectivity index (χ4v) is 6.78. The van der Waals surface area contributed by atoms with E-state index in [-0.39, 0.29) is 24.9 Å². The Bertz CT molecular complexity index is 1330. The van der Waals surface area contributed by atoms with Crippen LogP contribution in [0.15, 0.2) is 42.5 Å². The maximum absolute atomic E-state index is 13.9. The Labute approximate surface area is 245 Å². The Hall–Kier alpha value is -3.10. The summed E-state index contributed by atoms with van der Waals surface area (Å²) >= 11 is 0. The summed E-state index contributed by atoms with van der Waals surface area (Å²) in [5.41, 5.74) is -4.11. The molecular weight excluding hydrogens is 549 g/mol. The molecule has 2 bridgehead atoms. The number of carbonyl (C=O) groups is 3. The lowest BCUT2D eigenvalue weighted by Crippen LogP contribution is -2.46. The minimum atomic E-state index is -4.72. The molecule has 5 atom stereocenters. The Kier molecular flexibility index (Phi) is 8.74. The second-order valence-corrected chi connectivity index (χ2v) is 13.8. The molecular formula is C33H41F3O6. The zero-order valence-corrected chi connectivity index (χ0v) is 25.2. The molecule has 2 aliphatic rings. The van der Waals surface area contributed by atoms with Crippen LogP contribution in [0.4, 0.5) is 13.2 Å². The van der Waals surface area contributed by atoms with Crippen molar-refractivity contribution >= 4 is 28.7 Å². The van der Waals surface area contributed by atoms with Crippen LogP contribution in [0.5, 0.6) is 5.75 Å². The molecule has 0 N–H and O–H groups in total. The highest BCUT2D eigenvalue weighted by atomic mass is 19.4. The van der Waals surface area contributed by atoms with E-state index in [1.54, 1.807) is 32.9 Å². The van der Waals surface area contributed by atoms with E-state index >= 15 is 0 Å². The summed E-state index contributed by atoms with van der Waals surface area (Å²) in [6.45, 7) is 8.56.